The van der Waals surface area contributed by atoms with Crippen LogP contribution in [0.4, 0.5) is 0 Å². The average Bonchev–Trinajstić information content (AvgIpc) is 2.43. The normalized spacial score (nSPS) is 25.4. The SMILES string of the molecule is CCNC1C(Sc2ccccc2OC)CCCC1(C)C. The highest BCUT2D eigenvalue weighted by molar-refractivity contribution is 8.00. The summed E-state index contributed by atoms with van der Waals surface area (Å²) in [7, 11) is 1.76. The van der Waals surface area contributed by atoms with Crippen LogP contribution in [0.5, 0.6) is 5.75 Å². The average molecular weight is 293 g/mol. The zero-order chi connectivity index (χ0) is 14.6. The van der Waals surface area contributed by atoms with Crippen molar-refractivity contribution in [2.24, 2.45) is 5.41 Å². The number of ether oxygens (including phenoxy) is 1. The Bertz CT molecular complexity index is 433. The summed E-state index contributed by atoms with van der Waals surface area (Å²) in [5.41, 5.74) is 0.369. The van der Waals surface area contributed by atoms with E-state index in [1.54, 1.807) is 7.11 Å². The van der Waals surface area contributed by atoms with Crippen LogP contribution in [-0.2, 0) is 0 Å². The molecule has 1 aromatic carbocycles. The van der Waals surface area contributed by atoms with Crippen molar-refractivity contribution in [3.8, 4) is 5.75 Å². The fourth-order valence-corrected chi connectivity index (χ4v) is 4.85. The number of para-hydroxylation sites is 1. The fraction of sp³-hybridized carbons (Fsp3) is 0.647. The Labute approximate surface area is 127 Å². The quantitative estimate of drug-likeness (QED) is 0.872. The second kappa shape index (κ2) is 6.86. The third-order valence-electron chi connectivity index (χ3n) is 4.29. The first kappa shape index (κ1) is 15.7. The molecule has 0 saturated heterocycles. The van der Waals surface area contributed by atoms with E-state index in [0.717, 1.165) is 12.3 Å². The lowest BCUT2D eigenvalue weighted by atomic mass is 9.73. The minimum absolute atomic E-state index is 0.369. The molecule has 1 fully saturated rings. The fourth-order valence-electron chi connectivity index (χ4n) is 3.22. The molecule has 2 atom stereocenters. The van der Waals surface area contributed by atoms with Crippen LogP contribution in [0.15, 0.2) is 29.2 Å². The van der Waals surface area contributed by atoms with Crippen molar-refractivity contribution >= 4 is 11.8 Å². The summed E-state index contributed by atoms with van der Waals surface area (Å²) in [6.07, 6.45) is 3.92. The predicted molar refractivity (Wildman–Crippen MR) is 87.7 cm³/mol. The minimum atomic E-state index is 0.369. The van der Waals surface area contributed by atoms with Gasteiger partial charge in [-0.1, -0.05) is 39.3 Å². The van der Waals surface area contributed by atoms with Crippen molar-refractivity contribution in [3.05, 3.63) is 24.3 Å². The number of benzene rings is 1. The van der Waals surface area contributed by atoms with E-state index in [0.29, 0.717) is 16.7 Å². The van der Waals surface area contributed by atoms with E-state index in [4.69, 9.17) is 4.74 Å². The van der Waals surface area contributed by atoms with Gasteiger partial charge in [0.05, 0.1) is 7.11 Å². The maximum absolute atomic E-state index is 5.49. The van der Waals surface area contributed by atoms with Gasteiger partial charge in [-0.15, -0.1) is 11.8 Å². The molecule has 2 unspecified atom stereocenters. The summed E-state index contributed by atoms with van der Waals surface area (Å²) >= 11 is 1.98. The zero-order valence-corrected chi connectivity index (χ0v) is 13.9. The Hall–Kier alpha value is -0.670. The molecule has 1 aliphatic carbocycles. The maximum Gasteiger partial charge on any atom is 0.132 e. The first-order chi connectivity index (χ1) is 9.58. The first-order valence-corrected chi connectivity index (χ1v) is 8.49. The number of nitrogens with one attached hydrogen (secondary N) is 1. The van der Waals surface area contributed by atoms with Crippen molar-refractivity contribution < 1.29 is 4.74 Å². The minimum Gasteiger partial charge on any atom is -0.496 e. The number of hydrogen-bond donors (Lipinski definition) is 1. The highest BCUT2D eigenvalue weighted by atomic mass is 32.2. The van der Waals surface area contributed by atoms with Gasteiger partial charge >= 0.3 is 0 Å². The second-order valence-electron chi connectivity index (χ2n) is 6.22. The molecule has 0 bridgehead atoms. The summed E-state index contributed by atoms with van der Waals surface area (Å²) in [4.78, 5) is 1.26. The molecule has 0 radical (unpaired) electrons. The van der Waals surface area contributed by atoms with Crippen LogP contribution in [-0.4, -0.2) is 24.9 Å². The van der Waals surface area contributed by atoms with Crippen molar-refractivity contribution in [3.63, 3.8) is 0 Å². The van der Waals surface area contributed by atoms with E-state index >= 15 is 0 Å². The Balaban J connectivity index is 2.17. The summed E-state index contributed by atoms with van der Waals surface area (Å²) in [5.74, 6) is 0.996. The van der Waals surface area contributed by atoms with Crippen LogP contribution >= 0.6 is 11.8 Å². The van der Waals surface area contributed by atoms with E-state index in [1.165, 1.54) is 24.2 Å². The molecule has 0 amide bonds. The largest absolute Gasteiger partial charge is 0.496 e. The van der Waals surface area contributed by atoms with Gasteiger partial charge in [0.2, 0.25) is 0 Å². The molecule has 0 spiro atoms. The van der Waals surface area contributed by atoms with Gasteiger partial charge in [0, 0.05) is 16.2 Å². The Kier molecular flexibility index (Phi) is 5.39. The summed E-state index contributed by atoms with van der Waals surface area (Å²) in [6, 6.07) is 8.93. The maximum atomic E-state index is 5.49. The standard InChI is InChI=1S/C17H27NOS/c1-5-18-16-15(11-8-12-17(16,2)3)20-14-10-7-6-9-13(14)19-4/h6-7,9-10,15-16,18H,5,8,11-12H2,1-4H3. The molecule has 1 N–H and O–H groups in total. The summed E-state index contributed by atoms with van der Waals surface area (Å²) in [5, 5.41) is 4.34. The van der Waals surface area contributed by atoms with E-state index in [-0.39, 0.29) is 0 Å². The lowest BCUT2D eigenvalue weighted by Gasteiger charge is -2.44. The molecular formula is C17H27NOS. The smallest absolute Gasteiger partial charge is 0.132 e. The summed E-state index contributed by atoms with van der Waals surface area (Å²) in [6.45, 7) is 8.04. The van der Waals surface area contributed by atoms with Gasteiger partial charge in [0.1, 0.15) is 5.75 Å². The lowest BCUT2D eigenvalue weighted by molar-refractivity contribution is 0.176. The highest BCUT2D eigenvalue weighted by Crippen LogP contribution is 2.44. The zero-order valence-electron chi connectivity index (χ0n) is 13.1. The van der Waals surface area contributed by atoms with Crippen molar-refractivity contribution in [1.29, 1.82) is 0 Å². The number of hydrogen-bond acceptors (Lipinski definition) is 3. The Morgan fingerprint density at radius 2 is 2.10 bits per heavy atom. The molecule has 1 aromatic rings. The predicted octanol–water partition coefficient (Wildman–Crippen LogP) is 4.34. The third kappa shape index (κ3) is 3.50. The van der Waals surface area contributed by atoms with E-state index in [2.05, 4.69) is 44.3 Å². The molecule has 3 heteroatoms. The van der Waals surface area contributed by atoms with Gasteiger partial charge in [-0.25, -0.2) is 0 Å². The molecule has 0 aromatic heterocycles. The number of rotatable bonds is 5. The molecule has 0 aliphatic heterocycles. The Morgan fingerprint density at radius 1 is 1.35 bits per heavy atom. The van der Waals surface area contributed by atoms with Gasteiger partial charge in [0.25, 0.3) is 0 Å². The van der Waals surface area contributed by atoms with Gasteiger partial charge in [-0.3, -0.25) is 0 Å². The van der Waals surface area contributed by atoms with Crippen LogP contribution in [0.3, 0.4) is 0 Å². The monoisotopic (exact) mass is 293 g/mol. The van der Waals surface area contributed by atoms with Crippen LogP contribution in [0.1, 0.15) is 40.0 Å². The topological polar surface area (TPSA) is 21.3 Å². The van der Waals surface area contributed by atoms with Gasteiger partial charge in [-0.05, 0) is 36.9 Å². The van der Waals surface area contributed by atoms with E-state index in [1.807, 2.05) is 17.8 Å². The van der Waals surface area contributed by atoms with Crippen LogP contribution in [0.2, 0.25) is 0 Å². The van der Waals surface area contributed by atoms with E-state index < -0.39 is 0 Å². The molecule has 1 aliphatic rings. The van der Waals surface area contributed by atoms with Crippen LogP contribution in [0, 0.1) is 5.41 Å². The van der Waals surface area contributed by atoms with Gasteiger partial charge in [0.15, 0.2) is 0 Å². The van der Waals surface area contributed by atoms with Crippen molar-refractivity contribution in [2.45, 2.75) is 56.2 Å². The molecular weight excluding hydrogens is 266 g/mol. The molecule has 112 valence electrons. The van der Waals surface area contributed by atoms with Crippen LogP contribution in [0.25, 0.3) is 0 Å². The molecule has 0 heterocycles. The second-order valence-corrected chi connectivity index (χ2v) is 7.50. The van der Waals surface area contributed by atoms with E-state index in [9.17, 15) is 0 Å². The summed E-state index contributed by atoms with van der Waals surface area (Å²) < 4.78 is 5.49. The van der Waals surface area contributed by atoms with Gasteiger partial charge in [-0.2, -0.15) is 0 Å². The third-order valence-corrected chi connectivity index (χ3v) is 5.70. The lowest BCUT2D eigenvalue weighted by Crippen LogP contribution is -2.51. The van der Waals surface area contributed by atoms with Crippen molar-refractivity contribution in [1.82, 2.24) is 5.32 Å². The number of thioether (sulfide) groups is 1. The van der Waals surface area contributed by atoms with Crippen molar-refractivity contribution in [2.75, 3.05) is 13.7 Å². The molecule has 20 heavy (non-hydrogen) atoms. The molecule has 2 nitrogen and oxygen atoms in total. The highest BCUT2D eigenvalue weighted by Gasteiger charge is 2.39. The molecule has 2 rings (SSSR count). The van der Waals surface area contributed by atoms with Crippen LogP contribution < -0.4 is 10.1 Å². The van der Waals surface area contributed by atoms with Gasteiger partial charge < -0.3 is 10.1 Å². The molecule has 1 saturated carbocycles. The first-order valence-electron chi connectivity index (χ1n) is 7.61. The number of methoxy groups -OCH3 is 1. The Morgan fingerprint density at radius 3 is 2.80 bits per heavy atom.